The smallest absolute Gasteiger partial charge is 0.192 e. The Balaban J connectivity index is 3.82. The molecule has 0 fully saturated rings. The van der Waals surface area contributed by atoms with Crippen molar-refractivity contribution in [3.8, 4) is 0 Å². The third-order valence-electron chi connectivity index (χ3n) is 4.27. The van der Waals surface area contributed by atoms with Crippen molar-refractivity contribution in [2.24, 2.45) is 0 Å². The minimum Gasteiger partial charge on any atom is -0.417 e. The fourth-order valence-electron chi connectivity index (χ4n) is 3.31. The normalized spacial score (nSPS) is 12.0. The molecule has 20 heavy (non-hydrogen) atoms. The van der Waals surface area contributed by atoms with Crippen LogP contribution in [0, 0.1) is 0 Å². The second kappa shape index (κ2) is 14.1. The number of rotatable bonds is 15. The predicted octanol–water partition coefficient (Wildman–Crippen LogP) is 6.93. The summed E-state index contributed by atoms with van der Waals surface area (Å²) in [6.07, 6.45) is 13.6. The van der Waals surface area contributed by atoms with Crippen LogP contribution in [-0.2, 0) is 4.43 Å². The molecule has 0 saturated heterocycles. The van der Waals surface area contributed by atoms with Crippen LogP contribution in [0.3, 0.4) is 0 Å². The van der Waals surface area contributed by atoms with Gasteiger partial charge >= 0.3 is 0 Å². The van der Waals surface area contributed by atoms with Crippen molar-refractivity contribution < 1.29 is 4.43 Å². The van der Waals surface area contributed by atoms with Crippen LogP contribution in [0.2, 0.25) is 18.1 Å². The topological polar surface area (TPSA) is 9.23 Å². The molecule has 0 aromatic rings. The molecule has 0 atom stereocenters. The van der Waals surface area contributed by atoms with Gasteiger partial charge < -0.3 is 4.43 Å². The molecule has 0 aromatic carbocycles. The second-order valence-electron chi connectivity index (χ2n) is 6.40. The van der Waals surface area contributed by atoms with E-state index in [0.29, 0.717) is 0 Å². The molecule has 1 nitrogen and oxygen atoms in total. The molecule has 0 N–H and O–H groups in total. The van der Waals surface area contributed by atoms with Crippen molar-refractivity contribution in [1.29, 1.82) is 0 Å². The molecule has 0 saturated carbocycles. The zero-order valence-corrected chi connectivity index (χ0v) is 15.8. The van der Waals surface area contributed by atoms with Gasteiger partial charge in [0.2, 0.25) is 0 Å². The lowest BCUT2D eigenvalue weighted by molar-refractivity contribution is 0.283. The van der Waals surface area contributed by atoms with Gasteiger partial charge in [-0.15, -0.1) is 0 Å². The highest BCUT2D eigenvalue weighted by Gasteiger charge is 2.31. The first kappa shape index (κ1) is 20.2. The maximum absolute atomic E-state index is 6.52. The van der Waals surface area contributed by atoms with Crippen molar-refractivity contribution in [2.45, 2.75) is 110 Å². The molecule has 122 valence electrons. The van der Waals surface area contributed by atoms with Gasteiger partial charge in [-0.1, -0.05) is 85.5 Å². The van der Waals surface area contributed by atoms with Gasteiger partial charge in [-0.05, 0) is 24.6 Å². The van der Waals surface area contributed by atoms with Crippen LogP contribution in [0.1, 0.15) is 91.9 Å². The lowest BCUT2D eigenvalue weighted by Crippen LogP contribution is -2.38. The summed E-state index contributed by atoms with van der Waals surface area (Å²) in [5.41, 5.74) is 0. The third-order valence-corrected chi connectivity index (χ3v) is 9.32. The van der Waals surface area contributed by atoms with Crippen molar-refractivity contribution in [2.75, 3.05) is 6.61 Å². The highest BCUT2D eigenvalue weighted by atomic mass is 28.4. The van der Waals surface area contributed by atoms with Crippen molar-refractivity contribution in [1.82, 2.24) is 0 Å². The summed E-state index contributed by atoms with van der Waals surface area (Å²) in [6, 6.07) is 4.14. The summed E-state index contributed by atoms with van der Waals surface area (Å²) in [4.78, 5) is 0. The molecule has 0 aromatic heterocycles. The van der Waals surface area contributed by atoms with Crippen LogP contribution >= 0.6 is 0 Å². The van der Waals surface area contributed by atoms with Gasteiger partial charge in [0.05, 0.1) is 0 Å². The number of unbranched alkanes of at least 4 members (excludes halogenated alkanes) is 6. The Morgan fingerprint density at radius 1 is 0.550 bits per heavy atom. The zero-order valence-electron chi connectivity index (χ0n) is 14.8. The molecular weight excluding hydrogens is 260 g/mol. The maximum atomic E-state index is 6.52. The summed E-state index contributed by atoms with van der Waals surface area (Å²) in [6.45, 7) is 10.3. The summed E-state index contributed by atoms with van der Waals surface area (Å²) < 4.78 is 6.52. The molecule has 0 heterocycles. The van der Waals surface area contributed by atoms with E-state index in [1.807, 2.05) is 0 Å². The average molecular weight is 301 g/mol. The molecule has 0 aliphatic rings. The van der Waals surface area contributed by atoms with Crippen LogP contribution in [0.15, 0.2) is 0 Å². The monoisotopic (exact) mass is 300 g/mol. The maximum Gasteiger partial charge on any atom is 0.192 e. The van der Waals surface area contributed by atoms with Crippen LogP contribution in [0.5, 0.6) is 0 Å². The minimum atomic E-state index is -1.38. The minimum absolute atomic E-state index is 1.04. The summed E-state index contributed by atoms with van der Waals surface area (Å²) in [5.74, 6) is 0. The fraction of sp³-hybridized carbons (Fsp3) is 1.00. The van der Waals surface area contributed by atoms with E-state index < -0.39 is 8.32 Å². The average Bonchev–Trinajstić information content (AvgIpc) is 2.43. The Morgan fingerprint density at radius 2 is 1.00 bits per heavy atom. The first-order valence-corrected chi connectivity index (χ1v) is 11.9. The van der Waals surface area contributed by atoms with Gasteiger partial charge in [-0.3, -0.25) is 0 Å². The Hall–Kier alpha value is 0.177. The largest absolute Gasteiger partial charge is 0.417 e. The Kier molecular flexibility index (Phi) is 14.3. The van der Waals surface area contributed by atoms with Crippen LogP contribution in [0.4, 0.5) is 0 Å². The van der Waals surface area contributed by atoms with E-state index >= 15 is 0 Å². The van der Waals surface area contributed by atoms with Gasteiger partial charge in [0.15, 0.2) is 8.32 Å². The number of hydrogen-bond donors (Lipinski definition) is 0. The summed E-state index contributed by atoms with van der Waals surface area (Å²) in [7, 11) is -1.38. The molecule has 2 heteroatoms. The second-order valence-corrected chi connectivity index (χ2v) is 10.6. The van der Waals surface area contributed by atoms with Gasteiger partial charge in [-0.25, -0.2) is 0 Å². The van der Waals surface area contributed by atoms with E-state index in [-0.39, 0.29) is 0 Å². The molecule has 0 amide bonds. The quantitative estimate of drug-likeness (QED) is 0.235. The standard InChI is InChI=1S/C18H40OSi/c1-5-9-10-11-12-13-14-15-19-20(16-6-2,17-7-3)18-8-4/h5-18H2,1-4H3. The molecular formula is C18H40OSi. The molecule has 0 spiro atoms. The highest BCUT2D eigenvalue weighted by molar-refractivity contribution is 6.73. The molecule has 0 rings (SSSR count). The van der Waals surface area contributed by atoms with Gasteiger partial charge in [0.25, 0.3) is 0 Å². The summed E-state index contributed by atoms with van der Waals surface area (Å²) >= 11 is 0. The Morgan fingerprint density at radius 3 is 1.45 bits per heavy atom. The molecule has 0 aliphatic heterocycles. The fourth-order valence-corrected chi connectivity index (χ4v) is 7.80. The van der Waals surface area contributed by atoms with Crippen LogP contribution in [-0.4, -0.2) is 14.9 Å². The van der Waals surface area contributed by atoms with Gasteiger partial charge in [0, 0.05) is 6.61 Å². The number of hydrogen-bond acceptors (Lipinski definition) is 1. The van der Waals surface area contributed by atoms with Crippen molar-refractivity contribution in [3.63, 3.8) is 0 Å². The zero-order chi connectivity index (χ0) is 15.1. The lowest BCUT2D eigenvalue weighted by atomic mass is 10.1. The molecule has 0 aliphatic carbocycles. The van der Waals surface area contributed by atoms with Crippen molar-refractivity contribution in [3.05, 3.63) is 0 Å². The molecule has 0 bridgehead atoms. The van der Waals surface area contributed by atoms with Gasteiger partial charge in [-0.2, -0.15) is 0 Å². The first-order chi connectivity index (χ1) is 9.74. The van der Waals surface area contributed by atoms with Gasteiger partial charge in [0.1, 0.15) is 0 Å². The molecule has 0 unspecified atom stereocenters. The molecule has 0 radical (unpaired) electrons. The van der Waals surface area contributed by atoms with E-state index in [2.05, 4.69) is 27.7 Å². The Bertz CT molecular complexity index is 177. The van der Waals surface area contributed by atoms with E-state index in [1.165, 1.54) is 82.3 Å². The SMILES string of the molecule is CCCCCCCCCO[Si](CCC)(CCC)CCC. The van der Waals surface area contributed by atoms with E-state index in [0.717, 1.165) is 6.61 Å². The van der Waals surface area contributed by atoms with Crippen molar-refractivity contribution >= 4 is 8.32 Å². The van der Waals surface area contributed by atoms with E-state index in [1.54, 1.807) is 0 Å². The van der Waals surface area contributed by atoms with E-state index in [9.17, 15) is 0 Å². The predicted molar refractivity (Wildman–Crippen MR) is 95.0 cm³/mol. The van der Waals surface area contributed by atoms with Crippen LogP contribution < -0.4 is 0 Å². The third kappa shape index (κ3) is 9.98. The lowest BCUT2D eigenvalue weighted by Gasteiger charge is -2.31. The Labute approximate surface area is 130 Å². The van der Waals surface area contributed by atoms with E-state index in [4.69, 9.17) is 4.43 Å². The highest BCUT2D eigenvalue weighted by Crippen LogP contribution is 2.27. The van der Waals surface area contributed by atoms with Crippen LogP contribution in [0.25, 0.3) is 0 Å². The first-order valence-electron chi connectivity index (χ1n) is 9.38. The summed E-state index contributed by atoms with van der Waals surface area (Å²) in [5, 5.41) is 0.